The summed E-state index contributed by atoms with van der Waals surface area (Å²) in [6.07, 6.45) is 9.09. The van der Waals surface area contributed by atoms with Gasteiger partial charge in [-0.3, -0.25) is 0 Å². The van der Waals surface area contributed by atoms with Gasteiger partial charge in [-0.2, -0.15) is 0 Å². The molecule has 1 amide bonds. The molecule has 0 heterocycles. The van der Waals surface area contributed by atoms with Crippen LogP contribution in [0.1, 0.15) is 85.5 Å². The Morgan fingerprint density at radius 1 is 1.03 bits per heavy atom. The monoisotopic (exact) mass is 463 g/mol. The first kappa shape index (κ1) is 25.3. The smallest absolute Gasteiger partial charge is 0.409 e. The van der Waals surface area contributed by atoms with E-state index in [1.54, 1.807) is 14.1 Å². The number of aliphatic hydroxyl groups is 2. The van der Waals surface area contributed by atoms with E-state index < -0.39 is 0 Å². The SMILES string of the molecule is CC[C@H]1[C@@H](O)C2C3CC[C@H]([C@H](C)CCOC(=O)N(C)C)[C@@]3(C)CCC2[C@@]2(C)CC[C@@H](O)C[C@@H]12. The average molecular weight is 464 g/mol. The number of aliphatic hydroxyl groups excluding tert-OH is 2. The molecule has 4 aliphatic carbocycles. The van der Waals surface area contributed by atoms with E-state index in [9.17, 15) is 15.0 Å². The van der Waals surface area contributed by atoms with Crippen LogP contribution in [-0.2, 0) is 4.74 Å². The highest BCUT2D eigenvalue weighted by atomic mass is 16.6. The highest BCUT2D eigenvalue weighted by Gasteiger charge is 2.64. The van der Waals surface area contributed by atoms with Crippen LogP contribution in [0.4, 0.5) is 4.79 Å². The molecule has 4 aliphatic rings. The topological polar surface area (TPSA) is 70.0 Å². The van der Waals surface area contributed by atoms with Gasteiger partial charge in [0, 0.05) is 14.1 Å². The molecule has 11 atom stereocenters. The van der Waals surface area contributed by atoms with Crippen LogP contribution in [0.15, 0.2) is 0 Å². The molecule has 0 aromatic heterocycles. The van der Waals surface area contributed by atoms with Crippen LogP contribution < -0.4 is 0 Å². The second-order valence-electron chi connectivity index (χ2n) is 12.9. The zero-order valence-corrected chi connectivity index (χ0v) is 21.9. The van der Waals surface area contributed by atoms with Crippen molar-refractivity contribution in [1.82, 2.24) is 4.90 Å². The van der Waals surface area contributed by atoms with Crippen LogP contribution in [0.3, 0.4) is 0 Å². The number of carbonyl (C=O) groups is 1. The fourth-order valence-electron chi connectivity index (χ4n) is 9.59. The molecule has 0 radical (unpaired) electrons. The molecular formula is C28H49NO4. The number of hydrogen-bond donors (Lipinski definition) is 2. The summed E-state index contributed by atoms with van der Waals surface area (Å²) in [5.74, 6) is 3.48. The van der Waals surface area contributed by atoms with E-state index in [2.05, 4.69) is 27.7 Å². The van der Waals surface area contributed by atoms with E-state index in [0.717, 1.165) is 32.1 Å². The van der Waals surface area contributed by atoms with Crippen molar-refractivity contribution >= 4 is 6.09 Å². The van der Waals surface area contributed by atoms with Crippen LogP contribution >= 0.6 is 0 Å². The molecule has 0 saturated heterocycles. The Balaban J connectivity index is 1.52. The zero-order chi connectivity index (χ0) is 24.1. The van der Waals surface area contributed by atoms with Crippen molar-refractivity contribution in [3.05, 3.63) is 0 Å². The lowest BCUT2D eigenvalue weighted by Crippen LogP contribution is -2.62. The van der Waals surface area contributed by atoms with Crippen molar-refractivity contribution in [3.8, 4) is 0 Å². The van der Waals surface area contributed by atoms with Crippen LogP contribution in [-0.4, -0.2) is 54.1 Å². The highest BCUT2D eigenvalue weighted by Crippen LogP contribution is 2.69. The Bertz CT molecular complexity index is 712. The molecule has 2 N–H and O–H groups in total. The van der Waals surface area contributed by atoms with Gasteiger partial charge in [-0.1, -0.05) is 34.1 Å². The molecular weight excluding hydrogens is 414 g/mol. The van der Waals surface area contributed by atoms with Gasteiger partial charge in [0.05, 0.1) is 18.8 Å². The summed E-state index contributed by atoms with van der Waals surface area (Å²) in [6.45, 7) is 10.1. The summed E-state index contributed by atoms with van der Waals surface area (Å²) in [6, 6.07) is 0. The summed E-state index contributed by atoms with van der Waals surface area (Å²) >= 11 is 0. The molecule has 5 nitrogen and oxygen atoms in total. The van der Waals surface area contributed by atoms with E-state index in [1.807, 2.05) is 0 Å². The number of amides is 1. The molecule has 33 heavy (non-hydrogen) atoms. The van der Waals surface area contributed by atoms with Crippen molar-refractivity contribution in [2.75, 3.05) is 20.7 Å². The number of rotatable bonds is 5. The van der Waals surface area contributed by atoms with Crippen molar-refractivity contribution in [2.45, 2.75) is 97.7 Å². The molecule has 0 bridgehead atoms. The Morgan fingerprint density at radius 3 is 2.36 bits per heavy atom. The molecule has 0 aromatic rings. The standard InChI is InChI=1S/C28H49NO4/c1-7-19-23-16-18(30)10-13-28(23,4)22-11-14-27(3)20(8-9-21(27)24(22)25(19)31)17(2)12-15-33-26(32)29(5)6/h17-25,30-31H,7-16H2,1-6H3/t17-,18-,19-,20-,21?,22?,23+,24?,25-,27-,28-/m1/s1. The lowest BCUT2D eigenvalue weighted by molar-refractivity contribution is -0.203. The number of ether oxygens (including phenoxy) is 1. The molecule has 3 unspecified atom stereocenters. The van der Waals surface area contributed by atoms with Gasteiger partial charge in [-0.05, 0) is 104 Å². The molecule has 4 rings (SSSR count). The summed E-state index contributed by atoms with van der Waals surface area (Å²) in [5.41, 5.74) is 0.526. The Hall–Kier alpha value is -0.810. The molecule has 0 aliphatic heterocycles. The lowest BCUT2D eigenvalue weighted by Gasteiger charge is -2.64. The third kappa shape index (κ3) is 4.13. The molecule has 0 spiro atoms. The third-order valence-electron chi connectivity index (χ3n) is 11.3. The fraction of sp³-hybridized carbons (Fsp3) is 0.964. The predicted molar refractivity (Wildman–Crippen MR) is 131 cm³/mol. The van der Waals surface area contributed by atoms with Gasteiger partial charge in [0.1, 0.15) is 0 Å². The maximum absolute atomic E-state index is 11.8. The predicted octanol–water partition coefficient (Wildman–Crippen LogP) is 5.34. The van der Waals surface area contributed by atoms with Gasteiger partial charge in [0.2, 0.25) is 0 Å². The van der Waals surface area contributed by atoms with Gasteiger partial charge in [0.15, 0.2) is 0 Å². The fourth-order valence-corrected chi connectivity index (χ4v) is 9.59. The van der Waals surface area contributed by atoms with Crippen LogP contribution in [0.2, 0.25) is 0 Å². The van der Waals surface area contributed by atoms with E-state index in [-0.39, 0.29) is 29.1 Å². The van der Waals surface area contributed by atoms with Crippen LogP contribution in [0.25, 0.3) is 0 Å². The van der Waals surface area contributed by atoms with E-state index in [4.69, 9.17) is 4.74 Å². The maximum Gasteiger partial charge on any atom is 0.409 e. The van der Waals surface area contributed by atoms with Gasteiger partial charge < -0.3 is 19.8 Å². The van der Waals surface area contributed by atoms with Crippen molar-refractivity contribution in [1.29, 1.82) is 0 Å². The molecule has 5 heteroatoms. The third-order valence-corrected chi connectivity index (χ3v) is 11.3. The van der Waals surface area contributed by atoms with Crippen LogP contribution in [0.5, 0.6) is 0 Å². The van der Waals surface area contributed by atoms with Crippen LogP contribution in [0, 0.1) is 52.3 Å². The summed E-state index contributed by atoms with van der Waals surface area (Å²) in [4.78, 5) is 13.3. The van der Waals surface area contributed by atoms with Crippen molar-refractivity contribution in [3.63, 3.8) is 0 Å². The molecule has 0 aromatic carbocycles. The Morgan fingerprint density at radius 2 is 1.70 bits per heavy atom. The van der Waals surface area contributed by atoms with Gasteiger partial charge in [-0.15, -0.1) is 0 Å². The highest BCUT2D eigenvalue weighted by molar-refractivity contribution is 5.66. The van der Waals surface area contributed by atoms with Gasteiger partial charge >= 0.3 is 6.09 Å². The number of hydrogen-bond acceptors (Lipinski definition) is 4. The van der Waals surface area contributed by atoms with E-state index in [0.29, 0.717) is 48.0 Å². The molecule has 4 fully saturated rings. The van der Waals surface area contributed by atoms with Gasteiger partial charge in [-0.25, -0.2) is 4.79 Å². The number of nitrogens with zero attached hydrogens (tertiary/aromatic N) is 1. The van der Waals surface area contributed by atoms with E-state index in [1.165, 1.54) is 30.6 Å². The van der Waals surface area contributed by atoms with Crippen molar-refractivity contribution < 1.29 is 19.7 Å². The normalized spacial score (nSPS) is 47.8. The first-order chi connectivity index (χ1) is 15.5. The second-order valence-corrected chi connectivity index (χ2v) is 12.9. The number of fused-ring (bicyclic) bond motifs is 5. The maximum atomic E-state index is 11.8. The zero-order valence-electron chi connectivity index (χ0n) is 21.9. The number of carbonyl (C=O) groups excluding carboxylic acids is 1. The van der Waals surface area contributed by atoms with E-state index >= 15 is 0 Å². The van der Waals surface area contributed by atoms with Gasteiger partial charge in [0.25, 0.3) is 0 Å². The quantitative estimate of drug-likeness (QED) is 0.578. The minimum Gasteiger partial charge on any atom is -0.449 e. The van der Waals surface area contributed by atoms with Crippen molar-refractivity contribution in [2.24, 2.45) is 52.3 Å². The summed E-state index contributed by atoms with van der Waals surface area (Å²) in [7, 11) is 3.45. The minimum absolute atomic E-state index is 0.187. The Labute approximate surface area is 201 Å². The Kier molecular flexibility index (Phi) is 7.15. The lowest BCUT2D eigenvalue weighted by atomic mass is 9.41. The minimum atomic E-state index is -0.255. The molecule has 4 saturated carbocycles. The summed E-state index contributed by atoms with van der Waals surface area (Å²) < 4.78 is 5.44. The summed E-state index contributed by atoms with van der Waals surface area (Å²) in [5, 5.41) is 22.3. The average Bonchev–Trinajstić information content (AvgIpc) is 3.12. The molecule has 190 valence electrons. The first-order valence-corrected chi connectivity index (χ1v) is 13.7. The largest absolute Gasteiger partial charge is 0.449 e. The first-order valence-electron chi connectivity index (χ1n) is 13.7. The second kappa shape index (κ2) is 9.33.